The van der Waals surface area contributed by atoms with E-state index in [1.165, 1.54) is 19.2 Å². The van der Waals surface area contributed by atoms with Crippen molar-refractivity contribution in [2.75, 3.05) is 7.11 Å². The van der Waals surface area contributed by atoms with Gasteiger partial charge in [-0.15, -0.1) is 0 Å². The van der Waals surface area contributed by atoms with Gasteiger partial charge in [-0.3, -0.25) is 9.59 Å². The maximum atomic E-state index is 11.6. The molecule has 120 valence electrons. The average Bonchev–Trinajstić information content (AvgIpc) is 2.50. The van der Waals surface area contributed by atoms with Crippen LogP contribution in [0.2, 0.25) is 0 Å². The molecule has 1 aromatic rings. The second kappa shape index (κ2) is 7.59. The second-order valence-electron chi connectivity index (χ2n) is 5.16. The van der Waals surface area contributed by atoms with Crippen LogP contribution in [0.5, 0.6) is 0 Å². The van der Waals surface area contributed by atoms with Crippen LogP contribution < -0.4 is 0 Å². The van der Waals surface area contributed by atoms with Crippen LogP contribution in [0.3, 0.4) is 0 Å². The van der Waals surface area contributed by atoms with Gasteiger partial charge in [0.15, 0.2) is 5.41 Å². The molecule has 0 aromatic heterocycles. The Bertz CT molecular complexity index is 550. The highest BCUT2D eigenvalue weighted by atomic mass is 16.5. The van der Waals surface area contributed by atoms with Gasteiger partial charge in [-0.25, -0.2) is 4.79 Å². The zero-order chi connectivity index (χ0) is 16.8. The molecule has 0 saturated carbocycles. The van der Waals surface area contributed by atoms with Gasteiger partial charge in [0, 0.05) is 0 Å². The van der Waals surface area contributed by atoms with Crippen molar-refractivity contribution in [2.24, 2.45) is 5.41 Å². The topological polar surface area (TPSA) is 101 Å². The summed E-state index contributed by atoms with van der Waals surface area (Å²) in [5, 5.41) is 18.9. The molecule has 0 aliphatic carbocycles. The van der Waals surface area contributed by atoms with Crippen LogP contribution in [0.1, 0.15) is 42.1 Å². The predicted octanol–water partition coefficient (Wildman–Crippen LogP) is 2.36. The first kappa shape index (κ1) is 17.7. The van der Waals surface area contributed by atoms with Crippen LogP contribution in [0.4, 0.5) is 0 Å². The monoisotopic (exact) mass is 308 g/mol. The third kappa shape index (κ3) is 3.84. The van der Waals surface area contributed by atoms with Gasteiger partial charge in [0.05, 0.1) is 12.7 Å². The molecule has 2 N–H and O–H groups in total. The molecule has 0 aliphatic rings. The number of carbonyl (C=O) groups is 3. The SMILES string of the molecule is CCCCC(Cc1cccc(C(=O)OC)c1)(C(=O)O)C(=O)O. The number of carbonyl (C=O) groups excluding carboxylic acids is 1. The van der Waals surface area contributed by atoms with Crippen LogP contribution >= 0.6 is 0 Å². The van der Waals surface area contributed by atoms with Crippen molar-refractivity contribution in [3.63, 3.8) is 0 Å². The number of carboxylic acid groups (broad SMARTS) is 2. The molecule has 0 aliphatic heterocycles. The Balaban J connectivity index is 3.16. The lowest BCUT2D eigenvalue weighted by molar-refractivity contribution is -0.165. The predicted molar refractivity (Wildman–Crippen MR) is 78.7 cm³/mol. The van der Waals surface area contributed by atoms with Crippen LogP contribution in [-0.4, -0.2) is 35.2 Å². The maximum absolute atomic E-state index is 11.6. The summed E-state index contributed by atoms with van der Waals surface area (Å²) in [6.07, 6.45) is 1.05. The van der Waals surface area contributed by atoms with Crippen LogP contribution in [0, 0.1) is 5.41 Å². The fourth-order valence-electron chi connectivity index (χ4n) is 2.30. The number of rotatable bonds is 8. The third-order valence-corrected chi connectivity index (χ3v) is 3.63. The molecule has 0 amide bonds. The van der Waals surface area contributed by atoms with Gasteiger partial charge in [-0.1, -0.05) is 31.9 Å². The van der Waals surface area contributed by atoms with E-state index < -0.39 is 23.3 Å². The van der Waals surface area contributed by atoms with E-state index in [0.29, 0.717) is 18.4 Å². The van der Waals surface area contributed by atoms with Crippen molar-refractivity contribution >= 4 is 17.9 Å². The Labute approximate surface area is 128 Å². The molecule has 6 heteroatoms. The standard InChI is InChI=1S/C16H20O6/c1-3-4-8-16(14(18)19,15(20)21)10-11-6-5-7-12(9-11)13(17)22-2/h5-7,9H,3-4,8,10H2,1-2H3,(H,18,19)(H,20,21). The second-order valence-corrected chi connectivity index (χ2v) is 5.16. The number of hydrogen-bond acceptors (Lipinski definition) is 4. The summed E-state index contributed by atoms with van der Waals surface area (Å²) >= 11 is 0. The molecule has 0 atom stereocenters. The molecular weight excluding hydrogens is 288 g/mol. The van der Waals surface area contributed by atoms with Gasteiger partial charge < -0.3 is 14.9 Å². The molecule has 0 spiro atoms. The Kier molecular flexibility index (Phi) is 6.10. The van der Waals surface area contributed by atoms with Gasteiger partial charge in [0.1, 0.15) is 0 Å². The van der Waals surface area contributed by atoms with Crippen molar-refractivity contribution in [1.29, 1.82) is 0 Å². The highest BCUT2D eigenvalue weighted by molar-refractivity contribution is 5.98. The fourth-order valence-corrected chi connectivity index (χ4v) is 2.30. The smallest absolute Gasteiger partial charge is 0.337 e. The summed E-state index contributed by atoms with van der Waals surface area (Å²) in [6, 6.07) is 6.19. The van der Waals surface area contributed by atoms with E-state index in [-0.39, 0.29) is 18.4 Å². The first-order valence-corrected chi connectivity index (χ1v) is 7.01. The molecule has 6 nitrogen and oxygen atoms in total. The molecule has 0 saturated heterocycles. The van der Waals surface area contributed by atoms with E-state index in [1.54, 1.807) is 12.1 Å². The third-order valence-electron chi connectivity index (χ3n) is 3.63. The summed E-state index contributed by atoms with van der Waals surface area (Å²) in [5.41, 5.74) is -1.14. The van der Waals surface area contributed by atoms with E-state index in [0.717, 1.165) is 0 Å². The largest absolute Gasteiger partial charge is 0.480 e. The molecule has 0 bridgehead atoms. The van der Waals surface area contributed by atoms with E-state index >= 15 is 0 Å². The number of ether oxygens (including phenoxy) is 1. The molecule has 0 unspecified atom stereocenters. The van der Waals surface area contributed by atoms with Gasteiger partial charge in [-0.05, 0) is 30.5 Å². The summed E-state index contributed by atoms with van der Waals surface area (Å²) in [6.45, 7) is 1.87. The normalized spacial score (nSPS) is 11.0. The maximum Gasteiger partial charge on any atom is 0.337 e. The summed E-state index contributed by atoms with van der Waals surface area (Å²) in [5.74, 6) is -3.28. The quantitative estimate of drug-likeness (QED) is 0.565. The molecule has 1 aromatic carbocycles. The molecular formula is C16H20O6. The number of unbranched alkanes of at least 4 members (excludes halogenated alkanes) is 1. The minimum Gasteiger partial charge on any atom is -0.480 e. The van der Waals surface area contributed by atoms with E-state index in [9.17, 15) is 24.6 Å². The van der Waals surface area contributed by atoms with Crippen molar-refractivity contribution in [2.45, 2.75) is 32.6 Å². The van der Waals surface area contributed by atoms with Gasteiger partial charge >= 0.3 is 17.9 Å². The Morgan fingerprint density at radius 1 is 1.18 bits per heavy atom. The number of aliphatic carboxylic acids is 2. The van der Waals surface area contributed by atoms with Crippen molar-refractivity contribution < 1.29 is 29.3 Å². The minimum atomic E-state index is -1.88. The van der Waals surface area contributed by atoms with E-state index in [2.05, 4.69) is 4.74 Å². The zero-order valence-electron chi connectivity index (χ0n) is 12.7. The van der Waals surface area contributed by atoms with Crippen LogP contribution in [0.25, 0.3) is 0 Å². The van der Waals surface area contributed by atoms with Crippen molar-refractivity contribution in [3.8, 4) is 0 Å². The number of carboxylic acids is 2. The highest BCUT2D eigenvalue weighted by Crippen LogP contribution is 2.31. The number of methoxy groups -OCH3 is 1. The lowest BCUT2D eigenvalue weighted by Crippen LogP contribution is -2.41. The van der Waals surface area contributed by atoms with Gasteiger partial charge in [0.25, 0.3) is 0 Å². The van der Waals surface area contributed by atoms with Gasteiger partial charge in [-0.2, -0.15) is 0 Å². The highest BCUT2D eigenvalue weighted by Gasteiger charge is 2.45. The zero-order valence-corrected chi connectivity index (χ0v) is 12.7. The first-order valence-electron chi connectivity index (χ1n) is 7.01. The van der Waals surface area contributed by atoms with E-state index in [1.807, 2.05) is 6.92 Å². The summed E-state index contributed by atoms with van der Waals surface area (Å²) in [7, 11) is 1.25. The minimum absolute atomic E-state index is 0.0383. The van der Waals surface area contributed by atoms with Crippen molar-refractivity contribution in [1.82, 2.24) is 0 Å². The molecule has 0 radical (unpaired) electrons. The number of hydrogen-bond donors (Lipinski definition) is 2. The van der Waals surface area contributed by atoms with E-state index in [4.69, 9.17) is 0 Å². The summed E-state index contributed by atoms with van der Waals surface area (Å²) in [4.78, 5) is 34.7. The Morgan fingerprint density at radius 3 is 2.32 bits per heavy atom. The lowest BCUT2D eigenvalue weighted by Gasteiger charge is -2.25. The Hall–Kier alpha value is -2.37. The lowest BCUT2D eigenvalue weighted by atomic mass is 9.77. The van der Waals surface area contributed by atoms with Crippen LogP contribution in [-0.2, 0) is 20.7 Å². The summed E-state index contributed by atoms with van der Waals surface area (Å²) < 4.78 is 4.61. The van der Waals surface area contributed by atoms with Crippen LogP contribution in [0.15, 0.2) is 24.3 Å². The van der Waals surface area contributed by atoms with Gasteiger partial charge in [0.2, 0.25) is 0 Å². The first-order chi connectivity index (χ1) is 10.4. The molecule has 22 heavy (non-hydrogen) atoms. The molecule has 0 heterocycles. The van der Waals surface area contributed by atoms with Crippen molar-refractivity contribution in [3.05, 3.63) is 35.4 Å². The number of benzene rings is 1. The average molecular weight is 308 g/mol. The fraction of sp³-hybridized carbons (Fsp3) is 0.438. The number of esters is 1. The Morgan fingerprint density at radius 2 is 1.82 bits per heavy atom. The molecule has 1 rings (SSSR count). The molecule has 0 fully saturated rings.